The number of nitrogens with one attached hydrogen (secondary N) is 1. The van der Waals surface area contributed by atoms with Crippen LogP contribution in [-0.4, -0.2) is 30.7 Å². The molecule has 0 fully saturated rings. The van der Waals surface area contributed by atoms with E-state index in [1.807, 2.05) is 5.32 Å². The summed E-state index contributed by atoms with van der Waals surface area (Å²) in [5.74, 6) is 0. The normalized spacial score (nSPS) is 9.40. The van der Waals surface area contributed by atoms with Crippen LogP contribution >= 0.6 is 0 Å². The summed E-state index contributed by atoms with van der Waals surface area (Å²) in [6.45, 7) is 1.67. The second-order valence-electron chi connectivity index (χ2n) is 1.46. The van der Waals surface area contributed by atoms with Crippen molar-refractivity contribution in [3.05, 3.63) is 0 Å². The van der Waals surface area contributed by atoms with Crippen LogP contribution in [0.1, 0.15) is 6.92 Å². The number of hydrogen-bond acceptors (Lipinski definition) is 3. The zero-order valence-electron chi connectivity index (χ0n) is 5.87. The van der Waals surface area contributed by atoms with Crippen LogP contribution < -0.4 is 5.32 Å². The number of amides is 3. The first-order chi connectivity index (χ1) is 4.72. The quantitative estimate of drug-likeness (QED) is 0.330. The predicted octanol–water partition coefficient (Wildman–Crippen LogP) is -0.210. The largest absolute Gasteiger partial charge is 0.343 e. The number of carbonyl (C=O) groups is 2. The second-order valence-corrected chi connectivity index (χ2v) is 1.46. The summed E-state index contributed by atoms with van der Waals surface area (Å²) in [5.41, 5.74) is 0. The molecule has 0 atom stereocenters. The van der Waals surface area contributed by atoms with Crippen LogP contribution in [0.2, 0.25) is 0 Å². The van der Waals surface area contributed by atoms with Crippen molar-refractivity contribution in [1.82, 2.24) is 10.3 Å². The van der Waals surface area contributed by atoms with Gasteiger partial charge < -0.3 is 0 Å². The lowest BCUT2D eigenvalue weighted by molar-refractivity contribution is -0.108. The number of carbonyl (C=O) groups excluding carboxylic acids is 2. The van der Waals surface area contributed by atoms with E-state index in [1.54, 1.807) is 6.92 Å². The van der Waals surface area contributed by atoms with Gasteiger partial charge in [0.2, 0.25) is 6.41 Å². The molecule has 0 saturated heterocycles. The molecule has 0 aliphatic carbocycles. The summed E-state index contributed by atoms with van der Waals surface area (Å²) >= 11 is 0. The molecule has 0 aromatic heterocycles. The number of imide groups is 1. The third kappa shape index (κ3) is 2.81. The molecular formula is C5H9N3O2. The molecule has 0 radical (unpaired) electrons. The van der Waals surface area contributed by atoms with Gasteiger partial charge in [-0.25, -0.2) is 9.80 Å². The predicted molar refractivity (Wildman–Crippen MR) is 36.5 cm³/mol. The number of hydrazone groups is 1. The lowest BCUT2D eigenvalue weighted by atomic mass is 10.9. The first kappa shape index (κ1) is 8.61. The third-order valence-electron chi connectivity index (χ3n) is 0.765. The summed E-state index contributed by atoms with van der Waals surface area (Å²) in [7, 11) is 1.44. The molecule has 5 nitrogen and oxygen atoms in total. The Morgan fingerprint density at radius 2 is 2.30 bits per heavy atom. The molecule has 10 heavy (non-hydrogen) atoms. The van der Waals surface area contributed by atoms with E-state index in [2.05, 4.69) is 5.10 Å². The van der Waals surface area contributed by atoms with Crippen molar-refractivity contribution >= 4 is 18.7 Å². The fourth-order valence-electron chi connectivity index (χ4n) is 0.369. The van der Waals surface area contributed by atoms with Gasteiger partial charge in [-0.1, -0.05) is 0 Å². The minimum atomic E-state index is -0.548. The highest BCUT2D eigenvalue weighted by atomic mass is 16.2. The minimum absolute atomic E-state index is 0.310. The van der Waals surface area contributed by atoms with Gasteiger partial charge in [0.15, 0.2) is 0 Å². The topological polar surface area (TPSA) is 61.8 Å². The summed E-state index contributed by atoms with van der Waals surface area (Å²) in [6, 6.07) is -0.548. The van der Waals surface area contributed by atoms with Gasteiger partial charge in [-0.15, -0.1) is 0 Å². The maximum absolute atomic E-state index is 10.6. The molecule has 0 bridgehead atoms. The van der Waals surface area contributed by atoms with Crippen LogP contribution in [0.4, 0.5) is 4.79 Å². The van der Waals surface area contributed by atoms with Crippen molar-refractivity contribution in [3.8, 4) is 0 Å². The molecule has 5 heteroatoms. The molecule has 0 aliphatic heterocycles. The number of nitrogens with zero attached hydrogens (tertiary/aromatic N) is 2. The minimum Gasteiger partial charge on any atom is -0.279 e. The summed E-state index contributed by atoms with van der Waals surface area (Å²) in [6.07, 6.45) is 1.76. The Labute approximate surface area is 58.7 Å². The molecule has 0 unspecified atom stereocenters. The molecular weight excluding hydrogens is 134 g/mol. The van der Waals surface area contributed by atoms with Gasteiger partial charge in [0, 0.05) is 13.3 Å². The molecule has 0 saturated carbocycles. The van der Waals surface area contributed by atoms with E-state index in [-0.39, 0.29) is 0 Å². The summed E-state index contributed by atoms with van der Waals surface area (Å²) < 4.78 is 0. The molecule has 0 aromatic rings. The molecule has 0 rings (SSSR count). The Hall–Kier alpha value is -1.39. The zero-order valence-corrected chi connectivity index (χ0v) is 5.87. The molecule has 1 N–H and O–H groups in total. The molecule has 0 aliphatic rings. The summed E-state index contributed by atoms with van der Waals surface area (Å²) in [4.78, 5) is 20.3. The highest BCUT2D eigenvalue weighted by Crippen LogP contribution is 1.81. The second kappa shape index (κ2) is 4.49. The highest BCUT2D eigenvalue weighted by Gasteiger charge is 2.02. The zero-order chi connectivity index (χ0) is 7.98. The van der Waals surface area contributed by atoms with Gasteiger partial charge in [-0.05, 0) is 6.92 Å². The maximum atomic E-state index is 10.6. The van der Waals surface area contributed by atoms with Gasteiger partial charge in [-0.2, -0.15) is 5.10 Å². The van der Waals surface area contributed by atoms with E-state index in [4.69, 9.17) is 0 Å². The first-order valence-corrected chi connectivity index (χ1v) is 2.68. The van der Waals surface area contributed by atoms with Crippen LogP contribution in [0.3, 0.4) is 0 Å². The Morgan fingerprint density at radius 1 is 1.70 bits per heavy atom. The number of rotatable bonds is 2. The van der Waals surface area contributed by atoms with E-state index >= 15 is 0 Å². The molecule has 0 heterocycles. The van der Waals surface area contributed by atoms with Crippen molar-refractivity contribution < 1.29 is 9.59 Å². The lowest BCUT2D eigenvalue weighted by Gasteiger charge is -2.07. The maximum Gasteiger partial charge on any atom is 0.343 e. The van der Waals surface area contributed by atoms with E-state index < -0.39 is 6.03 Å². The Balaban J connectivity index is 3.81. The Kier molecular flexibility index (Phi) is 3.86. The monoisotopic (exact) mass is 143 g/mol. The van der Waals surface area contributed by atoms with Crippen molar-refractivity contribution in [1.29, 1.82) is 0 Å². The van der Waals surface area contributed by atoms with Crippen molar-refractivity contribution in [3.63, 3.8) is 0 Å². The van der Waals surface area contributed by atoms with Crippen LogP contribution in [0.15, 0.2) is 5.10 Å². The van der Waals surface area contributed by atoms with Crippen molar-refractivity contribution in [2.24, 2.45) is 5.10 Å². The van der Waals surface area contributed by atoms with Gasteiger partial charge >= 0.3 is 6.03 Å². The van der Waals surface area contributed by atoms with E-state index in [0.717, 1.165) is 5.01 Å². The van der Waals surface area contributed by atoms with E-state index in [9.17, 15) is 9.59 Å². The number of urea groups is 1. The van der Waals surface area contributed by atoms with Gasteiger partial charge in [0.05, 0.1) is 0 Å². The fraction of sp³-hybridized carbons (Fsp3) is 0.400. The van der Waals surface area contributed by atoms with E-state index in [1.165, 1.54) is 13.3 Å². The van der Waals surface area contributed by atoms with Crippen molar-refractivity contribution in [2.75, 3.05) is 7.05 Å². The van der Waals surface area contributed by atoms with Crippen LogP contribution in [-0.2, 0) is 4.79 Å². The standard InChI is InChI=1S/C5H9N3O2/c1-3-7-8(2)5(10)6-4-9/h3-4H,1-2H3,(H,6,9,10)/b7-3-. The summed E-state index contributed by atoms with van der Waals surface area (Å²) in [5, 5.41) is 6.53. The SMILES string of the molecule is C/C=N\N(C)C(=O)NC=O. The smallest absolute Gasteiger partial charge is 0.279 e. The average molecular weight is 143 g/mol. The Morgan fingerprint density at radius 3 is 2.70 bits per heavy atom. The highest BCUT2D eigenvalue weighted by molar-refractivity contribution is 5.84. The van der Waals surface area contributed by atoms with Gasteiger partial charge in [-0.3, -0.25) is 10.1 Å². The number of hydrogen-bond donors (Lipinski definition) is 1. The third-order valence-corrected chi connectivity index (χ3v) is 0.765. The molecule has 56 valence electrons. The molecule has 0 spiro atoms. The Bertz CT molecular complexity index is 155. The first-order valence-electron chi connectivity index (χ1n) is 2.68. The average Bonchev–Trinajstić information content (AvgIpc) is 1.89. The van der Waals surface area contributed by atoms with Gasteiger partial charge in [0.1, 0.15) is 0 Å². The van der Waals surface area contributed by atoms with E-state index in [0.29, 0.717) is 6.41 Å². The van der Waals surface area contributed by atoms with Crippen molar-refractivity contribution in [2.45, 2.75) is 6.92 Å². The van der Waals surface area contributed by atoms with Crippen LogP contribution in [0, 0.1) is 0 Å². The van der Waals surface area contributed by atoms with Crippen LogP contribution in [0.25, 0.3) is 0 Å². The molecule has 3 amide bonds. The molecule has 0 aromatic carbocycles. The fourth-order valence-corrected chi connectivity index (χ4v) is 0.369. The van der Waals surface area contributed by atoms with Gasteiger partial charge in [0.25, 0.3) is 0 Å². The lowest BCUT2D eigenvalue weighted by Crippen LogP contribution is -2.32. The van der Waals surface area contributed by atoms with Crippen LogP contribution in [0.5, 0.6) is 0 Å².